The van der Waals surface area contributed by atoms with Crippen molar-refractivity contribution < 1.29 is 34.7 Å². The molecule has 0 aliphatic rings. The number of hydrogen-bond donors (Lipinski definition) is 2. The Hall–Kier alpha value is -1.71. The Bertz CT molecular complexity index is 294. The van der Waals surface area contributed by atoms with Crippen molar-refractivity contribution in [3.8, 4) is 0 Å². The summed E-state index contributed by atoms with van der Waals surface area (Å²) in [5.74, 6) is -1.16. The van der Waals surface area contributed by atoms with Gasteiger partial charge in [0, 0.05) is 28.1 Å². The van der Waals surface area contributed by atoms with Crippen LogP contribution in [0.3, 0.4) is 0 Å². The summed E-state index contributed by atoms with van der Waals surface area (Å²) in [5, 5.41) is 15.6. The van der Waals surface area contributed by atoms with Crippen molar-refractivity contribution in [1.29, 1.82) is 0 Å². The van der Waals surface area contributed by atoms with Gasteiger partial charge in [0.15, 0.2) is 0 Å². The van der Waals surface area contributed by atoms with Crippen LogP contribution in [0, 0.1) is 0 Å². The summed E-state index contributed by atoms with van der Waals surface area (Å²) in [7, 11) is 4.73. The molecule has 9 heteroatoms. The Balaban J connectivity index is 0. The Morgan fingerprint density at radius 3 is 1.95 bits per heavy atom. The molecule has 0 spiro atoms. The van der Waals surface area contributed by atoms with Crippen molar-refractivity contribution in [1.82, 2.24) is 9.80 Å². The van der Waals surface area contributed by atoms with Crippen molar-refractivity contribution in [2.24, 2.45) is 0 Å². The lowest BCUT2D eigenvalue weighted by molar-refractivity contribution is -0.242. The molecule has 2 N–H and O–H groups in total. The van der Waals surface area contributed by atoms with Crippen molar-refractivity contribution in [3.05, 3.63) is 0 Å². The van der Waals surface area contributed by atoms with E-state index in [2.05, 4.69) is 9.78 Å². The first-order chi connectivity index (χ1) is 8.76. The highest BCUT2D eigenvalue weighted by Crippen LogP contribution is 1.85. The molecule has 0 rings (SSSR count). The zero-order chi connectivity index (χ0) is 15.4. The smallest absolute Gasteiger partial charge is 0.349 e. The molecule has 0 bridgehead atoms. The van der Waals surface area contributed by atoms with Crippen molar-refractivity contribution in [2.45, 2.75) is 13.3 Å². The normalized spacial score (nSPS) is 8.95. The van der Waals surface area contributed by atoms with Crippen molar-refractivity contribution in [3.63, 3.8) is 0 Å². The summed E-state index contributed by atoms with van der Waals surface area (Å²) >= 11 is 0. The molecule has 0 aromatic heterocycles. The topological polar surface area (TPSA) is 117 Å². The second kappa shape index (κ2) is 11.4. The average Bonchev–Trinajstić information content (AvgIpc) is 2.35. The number of rotatable bonds is 5. The van der Waals surface area contributed by atoms with Gasteiger partial charge in [0.1, 0.15) is 6.54 Å². The number of nitrogens with zero attached hydrogens (tertiary/aromatic N) is 2. The number of carbonyl (C=O) groups excluding carboxylic acids is 3. The van der Waals surface area contributed by atoms with E-state index in [-0.39, 0.29) is 31.4 Å². The molecule has 0 fully saturated rings. The van der Waals surface area contributed by atoms with E-state index in [0.717, 1.165) is 4.90 Å². The molecule has 0 unspecified atom stereocenters. The zero-order valence-electron chi connectivity index (χ0n) is 11.5. The van der Waals surface area contributed by atoms with Crippen LogP contribution in [0.15, 0.2) is 0 Å². The van der Waals surface area contributed by atoms with Crippen molar-refractivity contribution in [2.75, 3.05) is 34.3 Å². The van der Waals surface area contributed by atoms with Crippen LogP contribution in [0.4, 0.5) is 0 Å². The second-order valence-corrected chi connectivity index (χ2v) is 3.71. The second-order valence-electron chi connectivity index (χ2n) is 3.71. The van der Waals surface area contributed by atoms with Gasteiger partial charge in [-0.2, -0.15) is 5.26 Å². The summed E-state index contributed by atoms with van der Waals surface area (Å²) < 4.78 is 0. The van der Waals surface area contributed by atoms with Gasteiger partial charge in [0.2, 0.25) is 11.8 Å². The van der Waals surface area contributed by atoms with Crippen LogP contribution in [0.25, 0.3) is 0 Å². The number of amides is 2. The summed E-state index contributed by atoms with van der Waals surface area (Å²) in [5.41, 5.74) is 0. The first kappa shape index (κ1) is 19.6. The predicted molar refractivity (Wildman–Crippen MR) is 63.9 cm³/mol. The maximum atomic E-state index is 10.6. The number of hydrogen-bond acceptors (Lipinski definition) is 7. The number of carbonyl (C=O) groups is 3. The van der Waals surface area contributed by atoms with Crippen LogP contribution in [0.5, 0.6) is 0 Å². The number of likely N-dealkylation sites (N-methyl/N-ethyl adjacent to an activating group) is 1. The molecule has 0 radical (unpaired) electrons. The summed E-state index contributed by atoms with van der Waals surface area (Å²) in [6, 6.07) is 0. The SMILES string of the molecule is CC(=O)N(C)CC(=O)OO.CN(C)C(=O)CCOO. The van der Waals surface area contributed by atoms with Crippen LogP contribution < -0.4 is 0 Å². The molecule has 19 heavy (non-hydrogen) atoms. The van der Waals surface area contributed by atoms with Gasteiger partial charge in [-0.05, 0) is 0 Å². The third-order valence-corrected chi connectivity index (χ3v) is 1.91. The Morgan fingerprint density at radius 2 is 1.63 bits per heavy atom. The van der Waals surface area contributed by atoms with E-state index >= 15 is 0 Å². The first-order valence-electron chi connectivity index (χ1n) is 5.28. The van der Waals surface area contributed by atoms with E-state index in [1.807, 2.05) is 0 Å². The van der Waals surface area contributed by atoms with E-state index in [0.29, 0.717) is 0 Å². The van der Waals surface area contributed by atoms with Gasteiger partial charge in [-0.3, -0.25) is 19.7 Å². The standard InChI is InChI=1S/C5H9NO4.C5H11NO3/c1-4(7)6(2)3-5(8)10-9;1-6(2)5(7)3-4-9-8/h9H,3H2,1-2H3;8H,3-4H2,1-2H3. The van der Waals surface area contributed by atoms with Crippen LogP contribution in [0.2, 0.25) is 0 Å². The quantitative estimate of drug-likeness (QED) is 0.512. The third-order valence-electron chi connectivity index (χ3n) is 1.91. The first-order valence-corrected chi connectivity index (χ1v) is 5.28. The maximum absolute atomic E-state index is 10.6. The molecule has 0 aromatic rings. The van der Waals surface area contributed by atoms with Gasteiger partial charge in [-0.25, -0.2) is 9.68 Å². The molecule has 112 valence electrons. The van der Waals surface area contributed by atoms with Gasteiger partial charge in [0.25, 0.3) is 0 Å². The van der Waals surface area contributed by atoms with Gasteiger partial charge in [0.05, 0.1) is 13.0 Å². The Morgan fingerprint density at radius 1 is 1.11 bits per heavy atom. The lowest BCUT2D eigenvalue weighted by Crippen LogP contribution is -2.30. The molecule has 0 saturated carbocycles. The fraction of sp³-hybridized carbons (Fsp3) is 0.700. The molecule has 0 saturated heterocycles. The third kappa shape index (κ3) is 12.5. The zero-order valence-corrected chi connectivity index (χ0v) is 11.5. The van der Waals surface area contributed by atoms with Crippen LogP contribution in [-0.4, -0.2) is 72.4 Å². The highest BCUT2D eigenvalue weighted by atomic mass is 17.1. The molecule has 0 aromatic carbocycles. The molecular weight excluding hydrogens is 260 g/mol. The minimum absolute atomic E-state index is 0.0518. The van der Waals surface area contributed by atoms with E-state index < -0.39 is 5.97 Å². The van der Waals surface area contributed by atoms with Crippen LogP contribution in [-0.2, 0) is 24.2 Å². The fourth-order valence-corrected chi connectivity index (χ4v) is 0.690. The van der Waals surface area contributed by atoms with Crippen LogP contribution in [0.1, 0.15) is 13.3 Å². The van der Waals surface area contributed by atoms with Gasteiger partial charge in [-0.1, -0.05) is 0 Å². The van der Waals surface area contributed by atoms with E-state index in [1.165, 1.54) is 18.9 Å². The highest BCUT2D eigenvalue weighted by molar-refractivity contribution is 5.79. The Kier molecular flexibility index (Phi) is 11.8. The van der Waals surface area contributed by atoms with E-state index in [1.54, 1.807) is 14.1 Å². The summed E-state index contributed by atoms with van der Waals surface area (Å²) in [6.45, 7) is 1.15. The maximum Gasteiger partial charge on any atom is 0.361 e. The minimum Gasteiger partial charge on any atom is -0.349 e. The molecule has 9 nitrogen and oxygen atoms in total. The van der Waals surface area contributed by atoms with E-state index in [4.69, 9.17) is 10.5 Å². The molecule has 0 heterocycles. The van der Waals surface area contributed by atoms with E-state index in [9.17, 15) is 14.4 Å². The summed E-state index contributed by atoms with van der Waals surface area (Å²) in [4.78, 5) is 40.9. The largest absolute Gasteiger partial charge is 0.361 e. The fourth-order valence-electron chi connectivity index (χ4n) is 0.690. The monoisotopic (exact) mass is 280 g/mol. The van der Waals surface area contributed by atoms with Gasteiger partial charge in [-0.15, -0.1) is 0 Å². The molecule has 0 aliphatic heterocycles. The van der Waals surface area contributed by atoms with Gasteiger partial charge >= 0.3 is 5.97 Å². The minimum atomic E-state index is -0.849. The lowest BCUT2D eigenvalue weighted by Gasteiger charge is -2.10. The van der Waals surface area contributed by atoms with Crippen LogP contribution >= 0.6 is 0 Å². The van der Waals surface area contributed by atoms with Crippen molar-refractivity contribution >= 4 is 17.8 Å². The van der Waals surface area contributed by atoms with Gasteiger partial charge < -0.3 is 9.80 Å². The summed E-state index contributed by atoms with van der Waals surface area (Å²) in [6.07, 6.45) is 0.226. The lowest BCUT2D eigenvalue weighted by atomic mass is 10.4. The molecule has 2 amide bonds. The molecule has 0 aliphatic carbocycles. The predicted octanol–water partition coefficient (Wildman–Crippen LogP) is -0.565. The average molecular weight is 280 g/mol. The highest BCUT2D eigenvalue weighted by Gasteiger charge is 2.08. The molecular formula is C10H20N2O7. The Labute approximate surface area is 111 Å². The molecule has 0 atom stereocenters.